The van der Waals surface area contributed by atoms with Crippen LogP contribution in [0.4, 0.5) is 0 Å². The van der Waals surface area contributed by atoms with E-state index < -0.39 is 50.2 Å². The summed E-state index contributed by atoms with van der Waals surface area (Å²) in [5, 5.41) is 28.1. The van der Waals surface area contributed by atoms with Crippen LogP contribution in [0.5, 0.6) is 0 Å². The van der Waals surface area contributed by atoms with Crippen molar-refractivity contribution in [3.63, 3.8) is 0 Å². The van der Waals surface area contributed by atoms with Gasteiger partial charge in [0, 0.05) is 0 Å². The Morgan fingerprint density at radius 2 is 1.85 bits per heavy atom. The first-order chi connectivity index (χ1) is 12.2. The number of phosphoric acid groups is 1. The lowest BCUT2D eigenvalue weighted by molar-refractivity contribution is -0.147. The van der Waals surface area contributed by atoms with E-state index in [9.17, 15) is 24.5 Å². The van der Waals surface area contributed by atoms with Gasteiger partial charge in [0.1, 0.15) is 6.10 Å². The summed E-state index contributed by atoms with van der Waals surface area (Å²) in [6, 6.07) is 0. The molecule has 0 saturated carbocycles. The lowest BCUT2D eigenvalue weighted by atomic mass is 10.1. The Kier molecular flexibility index (Phi) is 9.60. The van der Waals surface area contributed by atoms with Gasteiger partial charge in [0.15, 0.2) is 11.9 Å². The summed E-state index contributed by atoms with van der Waals surface area (Å²) in [5.41, 5.74) is 0. The monoisotopic (exact) mass is 396 g/mol. The highest BCUT2D eigenvalue weighted by atomic mass is 31.2. The molecule has 152 valence electrons. The van der Waals surface area contributed by atoms with Gasteiger partial charge in [-0.25, -0.2) is 9.36 Å². The number of unbranched alkanes of at least 4 members (excludes halogenated alkanes) is 5. The van der Waals surface area contributed by atoms with Crippen molar-refractivity contribution in [2.75, 3.05) is 6.61 Å². The van der Waals surface area contributed by atoms with Gasteiger partial charge in [-0.05, 0) is 13.3 Å². The highest BCUT2D eigenvalue weighted by Gasteiger charge is 2.43. The first-order valence-electron chi connectivity index (χ1n) is 8.85. The molecule has 0 aliphatic carbocycles. The molecule has 0 spiro atoms. The molecule has 0 aromatic carbocycles. The maximum Gasteiger partial charge on any atom is 0.528 e. The van der Waals surface area contributed by atoms with Crippen LogP contribution in [0.15, 0.2) is 11.5 Å². The van der Waals surface area contributed by atoms with Crippen LogP contribution in [0, 0.1) is 0 Å². The van der Waals surface area contributed by atoms with E-state index in [-0.39, 0.29) is 0 Å². The number of ether oxygens (including phenoxy) is 1. The molecule has 10 heteroatoms. The second-order valence-corrected chi connectivity index (χ2v) is 7.65. The lowest BCUT2D eigenvalue weighted by Gasteiger charge is -2.17. The van der Waals surface area contributed by atoms with E-state index in [2.05, 4.69) is 16.2 Å². The molecule has 9 nitrogen and oxygen atoms in total. The average molecular weight is 396 g/mol. The van der Waals surface area contributed by atoms with E-state index in [1.807, 2.05) is 0 Å². The van der Waals surface area contributed by atoms with Gasteiger partial charge in [-0.2, -0.15) is 0 Å². The van der Waals surface area contributed by atoms with Crippen LogP contribution in [0.3, 0.4) is 0 Å². The number of aliphatic hydroxyl groups excluding tert-OH is 3. The number of hydrogen-bond acceptors (Lipinski definition) is 8. The Bertz CT molecular complexity index is 534. The molecule has 1 rings (SSSR count). The Labute approximate surface area is 153 Å². The van der Waals surface area contributed by atoms with E-state index in [0.29, 0.717) is 6.42 Å². The van der Waals surface area contributed by atoms with Crippen molar-refractivity contribution in [3.8, 4) is 0 Å². The molecule has 3 unspecified atom stereocenters. The number of esters is 1. The summed E-state index contributed by atoms with van der Waals surface area (Å²) in [6.45, 7) is 2.96. The Balaban J connectivity index is 2.51. The van der Waals surface area contributed by atoms with E-state index in [4.69, 9.17) is 9.63 Å². The molecule has 1 aliphatic rings. The molecule has 0 radical (unpaired) electrons. The van der Waals surface area contributed by atoms with E-state index in [1.54, 1.807) is 6.92 Å². The minimum absolute atomic E-state index is 0.543. The minimum Gasteiger partial charge on any atom is -0.505 e. The molecule has 0 aromatic rings. The standard InChI is InChI=1S/C16H29O9P/c1-3-4-5-6-7-8-9-11(2)24-26(21,22)25-15-13(19)14(12(18)10-17)23-16(15)20/h11-12,14,17-19H,3-10H2,1-2H3,(H,21,22)/t11?,12?,14-/m1/s1. The third-order valence-corrected chi connectivity index (χ3v) is 4.98. The van der Waals surface area contributed by atoms with Crippen molar-refractivity contribution < 1.29 is 43.4 Å². The average Bonchev–Trinajstić information content (AvgIpc) is 2.84. The van der Waals surface area contributed by atoms with Gasteiger partial charge >= 0.3 is 13.8 Å². The highest BCUT2D eigenvalue weighted by molar-refractivity contribution is 7.47. The quantitative estimate of drug-likeness (QED) is 0.209. The Hall–Kier alpha value is -1.12. The number of cyclic esters (lactones) is 1. The van der Waals surface area contributed by atoms with Crippen LogP contribution in [0.25, 0.3) is 0 Å². The number of aliphatic hydroxyl groups is 3. The van der Waals surface area contributed by atoms with Crippen LogP contribution in [-0.4, -0.2) is 51.1 Å². The number of hydrogen-bond donors (Lipinski definition) is 4. The normalized spacial score (nSPS) is 22.0. The fourth-order valence-electron chi connectivity index (χ4n) is 2.53. The van der Waals surface area contributed by atoms with Gasteiger partial charge in [0.2, 0.25) is 0 Å². The fraction of sp³-hybridized carbons (Fsp3) is 0.812. The van der Waals surface area contributed by atoms with Crippen LogP contribution in [0.1, 0.15) is 58.8 Å². The molecule has 1 heterocycles. The van der Waals surface area contributed by atoms with Gasteiger partial charge in [-0.15, -0.1) is 0 Å². The first-order valence-corrected chi connectivity index (χ1v) is 10.3. The van der Waals surface area contributed by atoms with Crippen molar-refractivity contribution in [1.82, 2.24) is 0 Å². The molecule has 0 amide bonds. The molecular formula is C16H29O9P. The molecule has 0 saturated heterocycles. The Morgan fingerprint density at radius 3 is 2.46 bits per heavy atom. The van der Waals surface area contributed by atoms with Gasteiger partial charge in [0.05, 0.1) is 12.7 Å². The second-order valence-electron chi connectivity index (χ2n) is 6.32. The van der Waals surface area contributed by atoms with Crippen LogP contribution >= 0.6 is 7.82 Å². The molecule has 1 aliphatic heterocycles. The molecule has 26 heavy (non-hydrogen) atoms. The number of carbonyl (C=O) groups is 1. The summed E-state index contributed by atoms with van der Waals surface area (Å²) >= 11 is 0. The van der Waals surface area contributed by atoms with Crippen molar-refractivity contribution in [2.45, 2.75) is 77.1 Å². The van der Waals surface area contributed by atoms with Crippen LogP contribution in [0.2, 0.25) is 0 Å². The molecule has 4 atom stereocenters. The predicted octanol–water partition coefficient (Wildman–Crippen LogP) is 2.31. The van der Waals surface area contributed by atoms with Crippen molar-refractivity contribution in [1.29, 1.82) is 0 Å². The van der Waals surface area contributed by atoms with Crippen molar-refractivity contribution in [3.05, 3.63) is 11.5 Å². The number of phosphoric ester groups is 1. The molecule has 4 N–H and O–H groups in total. The third-order valence-electron chi connectivity index (χ3n) is 3.94. The van der Waals surface area contributed by atoms with Crippen molar-refractivity contribution >= 4 is 13.8 Å². The summed E-state index contributed by atoms with van der Waals surface area (Å²) in [6.07, 6.45) is 3.23. The topological polar surface area (TPSA) is 143 Å². The van der Waals surface area contributed by atoms with Crippen LogP contribution < -0.4 is 0 Å². The SMILES string of the molecule is CCCCCCCCC(C)OP(=O)(O)OC1=C(O)[C@@H](C(O)CO)OC1=O. The smallest absolute Gasteiger partial charge is 0.505 e. The summed E-state index contributed by atoms with van der Waals surface area (Å²) < 4.78 is 26.3. The summed E-state index contributed by atoms with van der Waals surface area (Å²) in [7, 11) is -4.67. The summed E-state index contributed by atoms with van der Waals surface area (Å²) in [5.74, 6) is -2.99. The first kappa shape index (κ1) is 22.9. The van der Waals surface area contributed by atoms with Gasteiger partial charge in [0.25, 0.3) is 5.76 Å². The Morgan fingerprint density at radius 1 is 1.23 bits per heavy atom. The largest absolute Gasteiger partial charge is 0.528 e. The van der Waals surface area contributed by atoms with E-state index in [0.717, 1.165) is 32.1 Å². The second kappa shape index (κ2) is 10.9. The third kappa shape index (κ3) is 7.25. The molecule has 0 bridgehead atoms. The molecule has 0 fully saturated rings. The highest BCUT2D eigenvalue weighted by Crippen LogP contribution is 2.49. The fourth-order valence-corrected chi connectivity index (χ4v) is 3.53. The van der Waals surface area contributed by atoms with Gasteiger partial charge in [-0.3, -0.25) is 9.42 Å². The zero-order valence-corrected chi connectivity index (χ0v) is 16.1. The zero-order valence-electron chi connectivity index (χ0n) is 15.2. The van der Waals surface area contributed by atoms with Gasteiger partial charge in [-0.1, -0.05) is 45.4 Å². The van der Waals surface area contributed by atoms with Crippen LogP contribution in [-0.2, 0) is 23.1 Å². The molecular weight excluding hydrogens is 367 g/mol. The minimum atomic E-state index is -4.67. The summed E-state index contributed by atoms with van der Waals surface area (Å²) in [4.78, 5) is 21.4. The zero-order chi connectivity index (χ0) is 19.7. The predicted molar refractivity (Wildman–Crippen MR) is 92.1 cm³/mol. The molecule has 0 aromatic heterocycles. The van der Waals surface area contributed by atoms with Crippen molar-refractivity contribution in [2.24, 2.45) is 0 Å². The maximum atomic E-state index is 12.0. The number of carbonyl (C=O) groups excluding carboxylic acids is 1. The lowest BCUT2D eigenvalue weighted by Crippen LogP contribution is -2.31. The van der Waals surface area contributed by atoms with Gasteiger partial charge < -0.3 is 24.6 Å². The van der Waals surface area contributed by atoms with E-state index >= 15 is 0 Å². The number of rotatable bonds is 13. The van der Waals surface area contributed by atoms with E-state index in [1.165, 1.54) is 6.42 Å². The maximum absolute atomic E-state index is 12.0.